The van der Waals surface area contributed by atoms with E-state index in [1.54, 1.807) is 0 Å². The number of hydrogen-bond acceptors (Lipinski definition) is 4. The van der Waals surface area contributed by atoms with Crippen LogP contribution < -0.4 is 5.73 Å². The predicted molar refractivity (Wildman–Crippen MR) is 56.8 cm³/mol. The molecule has 1 aliphatic heterocycles. The van der Waals surface area contributed by atoms with Gasteiger partial charge < -0.3 is 20.5 Å². The molecule has 16 heavy (non-hydrogen) atoms. The smallest absolute Gasteiger partial charge is 0.326 e. The van der Waals surface area contributed by atoms with E-state index in [1.807, 2.05) is 0 Å². The average molecular weight is 230 g/mol. The second-order valence-corrected chi connectivity index (χ2v) is 3.88. The van der Waals surface area contributed by atoms with Crippen molar-refractivity contribution in [3.05, 3.63) is 0 Å². The van der Waals surface area contributed by atoms with Gasteiger partial charge in [0.15, 0.2) is 0 Å². The van der Waals surface area contributed by atoms with Gasteiger partial charge in [0.25, 0.3) is 0 Å². The summed E-state index contributed by atoms with van der Waals surface area (Å²) in [6.45, 7) is 0.768. The van der Waals surface area contributed by atoms with E-state index in [2.05, 4.69) is 0 Å². The summed E-state index contributed by atoms with van der Waals surface area (Å²) in [7, 11) is 1.49. The zero-order chi connectivity index (χ0) is 12.1. The third kappa shape index (κ3) is 2.93. The van der Waals surface area contributed by atoms with Crippen molar-refractivity contribution < 1.29 is 19.4 Å². The van der Waals surface area contributed by atoms with E-state index in [4.69, 9.17) is 15.6 Å². The summed E-state index contributed by atoms with van der Waals surface area (Å²) in [5, 5.41) is 8.93. The minimum Gasteiger partial charge on any atom is -0.480 e. The molecule has 0 aliphatic carbocycles. The predicted octanol–water partition coefficient (Wildman–Crippen LogP) is -0.574. The van der Waals surface area contributed by atoms with Crippen LogP contribution in [-0.4, -0.2) is 54.2 Å². The highest BCUT2D eigenvalue weighted by atomic mass is 16.5. The highest BCUT2D eigenvalue weighted by Crippen LogP contribution is 2.19. The third-order valence-corrected chi connectivity index (χ3v) is 2.86. The lowest BCUT2D eigenvalue weighted by Gasteiger charge is -2.23. The van der Waals surface area contributed by atoms with Gasteiger partial charge in [-0.15, -0.1) is 0 Å². The Kier molecular flexibility index (Phi) is 4.70. The molecular weight excluding hydrogens is 212 g/mol. The maximum Gasteiger partial charge on any atom is 0.326 e. The fraction of sp³-hybridized carbons (Fsp3) is 0.800. The Balaban J connectivity index is 2.56. The lowest BCUT2D eigenvalue weighted by atomic mass is 10.2. The Morgan fingerprint density at radius 1 is 1.62 bits per heavy atom. The Morgan fingerprint density at radius 2 is 2.31 bits per heavy atom. The Morgan fingerprint density at radius 3 is 2.81 bits per heavy atom. The van der Waals surface area contributed by atoms with Crippen LogP contribution in [0.3, 0.4) is 0 Å². The van der Waals surface area contributed by atoms with Crippen LogP contribution in [0, 0.1) is 0 Å². The van der Waals surface area contributed by atoms with Gasteiger partial charge in [-0.2, -0.15) is 0 Å². The highest BCUT2D eigenvalue weighted by Gasteiger charge is 2.34. The van der Waals surface area contributed by atoms with Gasteiger partial charge in [-0.25, -0.2) is 4.79 Å². The van der Waals surface area contributed by atoms with Crippen LogP contribution in [0.1, 0.15) is 19.3 Å². The maximum absolute atomic E-state index is 11.8. The van der Waals surface area contributed by atoms with Crippen LogP contribution in [0.2, 0.25) is 0 Å². The first-order valence-electron chi connectivity index (χ1n) is 5.35. The number of carboxylic acids is 1. The van der Waals surface area contributed by atoms with E-state index in [9.17, 15) is 9.59 Å². The van der Waals surface area contributed by atoms with Gasteiger partial charge >= 0.3 is 5.97 Å². The number of amides is 1. The van der Waals surface area contributed by atoms with E-state index >= 15 is 0 Å². The van der Waals surface area contributed by atoms with Gasteiger partial charge in [0, 0.05) is 20.2 Å². The minimum atomic E-state index is -0.937. The summed E-state index contributed by atoms with van der Waals surface area (Å²) in [5.74, 6) is -1.13. The van der Waals surface area contributed by atoms with Crippen LogP contribution in [-0.2, 0) is 14.3 Å². The normalized spacial score (nSPS) is 22.1. The molecule has 1 rings (SSSR count). The van der Waals surface area contributed by atoms with Gasteiger partial charge in [0.05, 0.1) is 12.5 Å². The van der Waals surface area contributed by atoms with E-state index in [0.29, 0.717) is 13.0 Å². The minimum absolute atomic E-state index is 0.150. The summed E-state index contributed by atoms with van der Waals surface area (Å²) < 4.78 is 5.01. The number of likely N-dealkylation sites (tertiary alicyclic amines) is 1. The number of methoxy groups -OCH3 is 1. The van der Waals surface area contributed by atoms with E-state index < -0.39 is 12.0 Å². The first-order valence-corrected chi connectivity index (χ1v) is 5.35. The summed E-state index contributed by atoms with van der Waals surface area (Å²) in [4.78, 5) is 24.1. The topological polar surface area (TPSA) is 92.9 Å². The molecule has 0 saturated carbocycles. The monoisotopic (exact) mass is 230 g/mol. The molecular formula is C10H18N2O4. The van der Waals surface area contributed by atoms with Crippen LogP contribution in [0.25, 0.3) is 0 Å². The fourth-order valence-corrected chi connectivity index (χ4v) is 1.90. The number of hydrogen-bond donors (Lipinski definition) is 2. The number of carbonyl (C=O) groups is 2. The van der Waals surface area contributed by atoms with Gasteiger partial charge in [-0.3, -0.25) is 4.79 Å². The van der Waals surface area contributed by atoms with E-state index in [1.165, 1.54) is 12.0 Å². The first kappa shape index (κ1) is 12.9. The fourth-order valence-electron chi connectivity index (χ4n) is 1.90. The molecule has 1 aliphatic rings. The lowest BCUT2D eigenvalue weighted by molar-refractivity contribution is -0.149. The van der Waals surface area contributed by atoms with E-state index in [-0.39, 0.29) is 25.0 Å². The Hall–Kier alpha value is -1.14. The van der Waals surface area contributed by atoms with Gasteiger partial charge in [0.2, 0.25) is 5.91 Å². The number of aliphatic carboxylic acids is 1. The van der Waals surface area contributed by atoms with Crippen molar-refractivity contribution in [2.24, 2.45) is 5.73 Å². The number of ether oxygens (including phenoxy) is 1. The van der Waals surface area contributed by atoms with Gasteiger partial charge in [-0.05, 0) is 12.8 Å². The number of nitrogens with two attached hydrogens (primary N) is 1. The molecule has 6 heteroatoms. The Bertz CT molecular complexity index is 266. The molecule has 1 fully saturated rings. The quantitative estimate of drug-likeness (QED) is 0.659. The first-order chi connectivity index (χ1) is 7.60. The number of carboxylic acid groups (broad SMARTS) is 1. The molecule has 2 unspecified atom stereocenters. The van der Waals surface area contributed by atoms with Crippen molar-refractivity contribution >= 4 is 11.9 Å². The molecule has 1 heterocycles. The lowest BCUT2D eigenvalue weighted by Crippen LogP contribution is -2.42. The summed E-state index contributed by atoms with van der Waals surface area (Å²) >= 11 is 0. The number of nitrogens with zero attached hydrogens (tertiary/aromatic N) is 1. The number of rotatable bonds is 5. The molecule has 6 nitrogen and oxygen atoms in total. The molecule has 1 saturated heterocycles. The number of carbonyl (C=O) groups excluding carboxylic acids is 1. The van der Waals surface area contributed by atoms with Gasteiger partial charge in [-0.1, -0.05) is 0 Å². The second-order valence-electron chi connectivity index (χ2n) is 3.88. The van der Waals surface area contributed by atoms with Crippen molar-refractivity contribution in [3.8, 4) is 0 Å². The summed E-state index contributed by atoms with van der Waals surface area (Å²) in [6.07, 6.45) is 1.09. The van der Waals surface area contributed by atoms with Crippen molar-refractivity contribution in [1.29, 1.82) is 0 Å². The van der Waals surface area contributed by atoms with E-state index in [0.717, 1.165) is 6.42 Å². The maximum atomic E-state index is 11.8. The molecule has 0 aromatic rings. The molecule has 0 aromatic heterocycles. The zero-order valence-electron chi connectivity index (χ0n) is 9.39. The van der Waals surface area contributed by atoms with Crippen LogP contribution >= 0.6 is 0 Å². The molecule has 0 bridgehead atoms. The van der Waals surface area contributed by atoms with Crippen molar-refractivity contribution in [2.45, 2.75) is 31.4 Å². The van der Waals surface area contributed by atoms with Crippen molar-refractivity contribution in [3.63, 3.8) is 0 Å². The molecule has 2 atom stereocenters. The summed E-state index contributed by atoms with van der Waals surface area (Å²) in [5.41, 5.74) is 5.41. The summed E-state index contributed by atoms with van der Waals surface area (Å²) in [6, 6.07) is -0.678. The molecule has 0 aromatic carbocycles. The average Bonchev–Trinajstić information content (AvgIpc) is 2.74. The zero-order valence-corrected chi connectivity index (χ0v) is 9.39. The Labute approximate surface area is 94.3 Å². The molecule has 1 amide bonds. The van der Waals surface area contributed by atoms with Crippen molar-refractivity contribution in [2.75, 3.05) is 20.2 Å². The molecule has 92 valence electrons. The molecule has 0 radical (unpaired) electrons. The second kappa shape index (κ2) is 5.81. The van der Waals surface area contributed by atoms with Gasteiger partial charge in [0.1, 0.15) is 6.04 Å². The van der Waals surface area contributed by atoms with Crippen LogP contribution in [0.15, 0.2) is 0 Å². The highest BCUT2D eigenvalue weighted by molar-refractivity contribution is 5.84. The van der Waals surface area contributed by atoms with Crippen molar-refractivity contribution in [1.82, 2.24) is 4.90 Å². The van der Waals surface area contributed by atoms with Crippen LogP contribution in [0.5, 0.6) is 0 Å². The molecule has 3 N–H and O–H groups in total. The standard InChI is InChI=1S/C10H18N2O4/c1-16-7(6-11)5-9(13)12-4-2-3-8(12)10(14)15/h7-8H,2-6,11H2,1H3,(H,14,15). The third-order valence-electron chi connectivity index (χ3n) is 2.86. The largest absolute Gasteiger partial charge is 0.480 e. The molecule has 0 spiro atoms. The van der Waals surface area contributed by atoms with Crippen LogP contribution in [0.4, 0.5) is 0 Å². The SMILES string of the molecule is COC(CN)CC(=O)N1CCCC1C(=O)O.